The summed E-state index contributed by atoms with van der Waals surface area (Å²) >= 11 is 0. The van der Waals surface area contributed by atoms with E-state index in [-0.39, 0.29) is 18.4 Å². The summed E-state index contributed by atoms with van der Waals surface area (Å²) in [6.45, 7) is -0.504. The fourth-order valence-electron chi connectivity index (χ4n) is 1.99. The summed E-state index contributed by atoms with van der Waals surface area (Å²) in [5, 5.41) is 8.76. The minimum absolute atomic E-state index is 0.0631. The summed E-state index contributed by atoms with van der Waals surface area (Å²) in [5.74, 6) is -5.47. The van der Waals surface area contributed by atoms with Gasteiger partial charge in [-0.05, 0) is 24.1 Å². The van der Waals surface area contributed by atoms with Gasteiger partial charge in [-0.25, -0.2) is 17.6 Å². The van der Waals surface area contributed by atoms with Crippen molar-refractivity contribution in [2.24, 2.45) is 0 Å². The Balaban J connectivity index is 2.15. The van der Waals surface area contributed by atoms with Crippen molar-refractivity contribution in [2.75, 3.05) is 0 Å². The number of hydrogen-bond donors (Lipinski definition) is 1. The molecule has 1 N–H and O–H groups in total. The molecule has 1 saturated carbocycles. The van der Waals surface area contributed by atoms with Crippen LogP contribution in [0.4, 0.5) is 17.6 Å². The monoisotopic (exact) mass is 264 g/mol. The van der Waals surface area contributed by atoms with Crippen LogP contribution in [0.1, 0.15) is 24.8 Å². The van der Waals surface area contributed by atoms with Gasteiger partial charge in [-0.15, -0.1) is 0 Å². The predicted molar refractivity (Wildman–Crippen MR) is 55.5 cm³/mol. The first kappa shape index (κ1) is 13.1. The third kappa shape index (κ3) is 2.75. The van der Waals surface area contributed by atoms with Crippen LogP contribution in [-0.4, -0.2) is 17.1 Å². The molecule has 1 atom stereocenters. The number of ether oxygens (including phenoxy) is 1. The Morgan fingerprint density at radius 1 is 1.28 bits per heavy atom. The summed E-state index contributed by atoms with van der Waals surface area (Å²) in [6.07, 6.45) is -1.69. The molecule has 0 heterocycles. The highest BCUT2D eigenvalue weighted by Crippen LogP contribution is 2.37. The molecule has 2 rings (SSSR count). The topological polar surface area (TPSA) is 29.5 Å². The second-order valence-corrected chi connectivity index (χ2v) is 4.39. The predicted octanol–water partition coefficient (Wildman–Crippen LogP) is 3.02. The van der Waals surface area contributed by atoms with E-state index in [1.165, 1.54) is 0 Å². The molecular weight excluding hydrogens is 252 g/mol. The summed E-state index contributed by atoms with van der Waals surface area (Å²) in [6, 6.07) is 1.84. The second kappa shape index (κ2) is 4.76. The van der Waals surface area contributed by atoms with Crippen LogP contribution in [0, 0.1) is 11.6 Å². The van der Waals surface area contributed by atoms with Gasteiger partial charge < -0.3 is 9.84 Å². The van der Waals surface area contributed by atoms with Crippen molar-refractivity contribution in [3.05, 3.63) is 29.3 Å². The van der Waals surface area contributed by atoms with Gasteiger partial charge in [0.25, 0.3) is 5.92 Å². The summed E-state index contributed by atoms with van der Waals surface area (Å²) in [5.41, 5.74) is 0.0640. The number of aliphatic hydroxyl groups is 1. The zero-order valence-corrected chi connectivity index (χ0v) is 9.43. The van der Waals surface area contributed by atoms with Gasteiger partial charge in [0.05, 0.1) is 6.61 Å². The van der Waals surface area contributed by atoms with E-state index in [1.807, 2.05) is 0 Å². The summed E-state index contributed by atoms with van der Waals surface area (Å²) in [7, 11) is 0. The number of alkyl halides is 2. The lowest BCUT2D eigenvalue weighted by atomic mass is 10.2. The minimum atomic E-state index is -2.83. The lowest BCUT2D eigenvalue weighted by Gasteiger charge is -2.15. The van der Waals surface area contributed by atoms with E-state index in [2.05, 4.69) is 0 Å². The lowest BCUT2D eigenvalue weighted by Crippen LogP contribution is -2.18. The van der Waals surface area contributed by atoms with E-state index in [0.29, 0.717) is 0 Å². The van der Waals surface area contributed by atoms with E-state index < -0.39 is 42.4 Å². The third-order valence-corrected chi connectivity index (χ3v) is 2.88. The third-order valence-electron chi connectivity index (χ3n) is 2.88. The van der Waals surface area contributed by atoms with E-state index >= 15 is 0 Å². The van der Waals surface area contributed by atoms with Crippen LogP contribution < -0.4 is 4.74 Å². The van der Waals surface area contributed by atoms with Crippen molar-refractivity contribution in [2.45, 2.75) is 37.9 Å². The van der Waals surface area contributed by atoms with E-state index in [9.17, 15) is 17.6 Å². The van der Waals surface area contributed by atoms with Gasteiger partial charge in [-0.2, -0.15) is 0 Å². The largest absolute Gasteiger partial charge is 0.484 e. The molecule has 1 aliphatic rings. The first-order valence-corrected chi connectivity index (χ1v) is 5.54. The molecule has 0 radical (unpaired) electrons. The van der Waals surface area contributed by atoms with Crippen LogP contribution in [0.25, 0.3) is 0 Å². The Kier molecular flexibility index (Phi) is 3.47. The average Bonchev–Trinajstić information content (AvgIpc) is 2.63. The smallest absolute Gasteiger partial charge is 0.251 e. The molecule has 18 heavy (non-hydrogen) atoms. The highest BCUT2D eigenvalue weighted by atomic mass is 19.3. The SMILES string of the molecule is OCc1cc(F)c(OC2CCC(F)(F)C2)c(F)c1. The van der Waals surface area contributed by atoms with Crippen LogP contribution in [0.2, 0.25) is 0 Å². The van der Waals surface area contributed by atoms with Crippen molar-refractivity contribution in [1.29, 1.82) is 0 Å². The zero-order valence-electron chi connectivity index (χ0n) is 9.43. The number of halogens is 4. The van der Waals surface area contributed by atoms with Gasteiger partial charge in [-0.3, -0.25) is 0 Å². The molecule has 0 spiro atoms. The highest BCUT2D eigenvalue weighted by Gasteiger charge is 2.41. The molecule has 2 nitrogen and oxygen atoms in total. The Labute approximate surface area is 101 Å². The fraction of sp³-hybridized carbons (Fsp3) is 0.500. The summed E-state index contributed by atoms with van der Waals surface area (Å²) in [4.78, 5) is 0. The lowest BCUT2D eigenvalue weighted by molar-refractivity contribution is -0.00168. The molecule has 0 aromatic heterocycles. The number of aliphatic hydroxyl groups excluding tert-OH is 1. The first-order valence-electron chi connectivity index (χ1n) is 5.54. The number of rotatable bonds is 3. The molecule has 0 amide bonds. The van der Waals surface area contributed by atoms with Crippen LogP contribution in [0.15, 0.2) is 12.1 Å². The molecule has 0 bridgehead atoms. The average molecular weight is 264 g/mol. The van der Waals surface area contributed by atoms with Crippen LogP contribution in [0.5, 0.6) is 5.75 Å². The van der Waals surface area contributed by atoms with Crippen molar-refractivity contribution in [3.63, 3.8) is 0 Å². The molecule has 1 aliphatic carbocycles. The molecule has 1 fully saturated rings. The maximum Gasteiger partial charge on any atom is 0.251 e. The molecule has 6 heteroatoms. The Bertz CT molecular complexity index is 425. The van der Waals surface area contributed by atoms with Gasteiger partial charge in [0.15, 0.2) is 17.4 Å². The highest BCUT2D eigenvalue weighted by molar-refractivity contribution is 5.31. The molecule has 1 aromatic carbocycles. The zero-order chi connectivity index (χ0) is 13.3. The number of benzene rings is 1. The Morgan fingerprint density at radius 2 is 1.89 bits per heavy atom. The Hall–Kier alpha value is -1.30. The number of hydrogen-bond acceptors (Lipinski definition) is 2. The van der Waals surface area contributed by atoms with Gasteiger partial charge in [0.1, 0.15) is 6.10 Å². The van der Waals surface area contributed by atoms with Gasteiger partial charge in [0.2, 0.25) is 0 Å². The maximum atomic E-state index is 13.5. The fourth-order valence-corrected chi connectivity index (χ4v) is 1.99. The van der Waals surface area contributed by atoms with Crippen molar-refractivity contribution in [1.82, 2.24) is 0 Å². The van der Waals surface area contributed by atoms with Crippen molar-refractivity contribution in [3.8, 4) is 5.75 Å². The maximum absolute atomic E-state index is 13.5. The van der Waals surface area contributed by atoms with Crippen LogP contribution in [-0.2, 0) is 6.61 Å². The molecule has 0 aliphatic heterocycles. The van der Waals surface area contributed by atoms with E-state index in [0.717, 1.165) is 12.1 Å². The van der Waals surface area contributed by atoms with E-state index in [4.69, 9.17) is 9.84 Å². The van der Waals surface area contributed by atoms with Crippen molar-refractivity contribution >= 4 is 0 Å². The van der Waals surface area contributed by atoms with E-state index in [1.54, 1.807) is 0 Å². The van der Waals surface area contributed by atoms with Crippen LogP contribution >= 0.6 is 0 Å². The molecule has 0 saturated heterocycles. The van der Waals surface area contributed by atoms with Gasteiger partial charge in [-0.1, -0.05) is 0 Å². The Morgan fingerprint density at radius 3 is 2.33 bits per heavy atom. The summed E-state index contributed by atoms with van der Waals surface area (Å²) < 4.78 is 57.8. The molecular formula is C12H12F4O2. The minimum Gasteiger partial charge on any atom is -0.484 e. The van der Waals surface area contributed by atoms with Crippen molar-refractivity contribution < 1.29 is 27.4 Å². The molecule has 1 unspecified atom stereocenters. The van der Waals surface area contributed by atoms with Gasteiger partial charge >= 0.3 is 0 Å². The quantitative estimate of drug-likeness (QED) is 0.850. The molecule has 1 aromatic rings. The molecule has 100 valence electrons. The standard InChI is InChI=1S/C12H12F4O2/c13-9-3-7(6-17)4-10(14)11(9)18-8-1-2-12(15,16)5-8/h3-4,8,17H,1-2,5-6H2. The van der Waals surface area contributed by atoms with Crippen LogP contribution in [0.3, 0.4) is 0 Å². The normalized spacial score (nSPS) is 22.2. The first-order chi connectivity index (χ1) is 8.41. The second-order valence-electron chi connectivity index (χ2n) is 4.39. The van der Waals surface area contributed by atoms with Gasteiger partial charge in [0, 0.05) is 12.8 Å².